The molecule has 0 aromatic heterocycles. The Hall–Kier alpha value is -2.47. The van der Waals surface area contributed by atoms with Crippen molar-refractivity contribution in [3.63, 3.8) is 0 Å². The summed E-state index contributed by atoms with van der Waals surface area (Å²) in [5.74, 6) is -0.545. The van der Waals surface area contributed by atoms with Crippen molar-refractivity contribution in [1.29, 1.82) is 0 Å². The van der Waals surface area contributed by atoms with Gasteiger partial charge in [-0.1, -0.05) is 43.6 Å². The van der Waals surface area contributed by atoms with Gasteiger partial charge in [0.05, 0.1) is 29.5 Å². The number of rotatable bonds is 5. The van der Waals surface area contributed by atoms with Crippen LogP contribution in [0.1, 0.15) is 39.2 Å². The van der Waals surface area contributed by atoms with Crippen LogP contribution in [0, 0.1) is 5.92 Å². The van der Waals surface area contributed by atoms with Gasteiger partial charge in [-0.2, -0.15) is 0 Å². The predicted octanol–water partition coefficient (Wildman–Crippen LogP) is 4.61. The zero-order valence-corrected chi connectivity index (χ0v) is 17.2. The summed E-state index contributed by atoms with van der Waals surface area (Å²) in [6, 6.07) is 7.20. The van der Waals surface area contributed by atoms with Crippen LogP contribution in [0.4, 0.5) is 4.79 Å². The molecule has 2 heterocycles. The van der Waals surface area contributed by atoms with Gasteiger partial charge in [0.15, 0.2) is 0 Å². The molecule has 0 radical (unpaired) electrons. The number of esters is 1. The molecule has 1 atom stereocenters. The standard InChI is InChI=1S/C21H24ClNO5/c1-5-23-13(4)19(28-21(25)27-10-12(2)3)17(14-8-6-7-9-15(14)22)18-16(23)11-26-20(18)24/h6-9,12,17H,5,10-11H2,1-4H3. The summed E-state index contributed by atoms with van der Waals surface area (Å²) in [5, 5.41) is 0.480. The number of hydrogen-bond donors (Lipinski definition) is 0. The van der Waals surface area contributed by atoms with Gasteiger partial charge >= 0.3 is 12.1 Å². The van der Waals surface area contributed by atoms with Gasteiger partial charge < -0.3 is 19.1 Å². The Labute approximate surface area is 169 Å². The first-order valence-electron chi connectivity index (χ1n) is 9.32. The van der Waals surface area contributed by atoms with Gasteiger partial charge in [0.1, 0.15) is 12.4 Å². The largest absolute Gasteiger partial charge is 0.513 e. The SMILES string of the molecule is CCN1C(C)=C(OC(=O)OCC(C)C)C(c2ccccc2Cl)C2=C1COC2=O. The van der Waals surface area contributed by atoms with E-state index in [1.54, 1.807) is 6.07 Å². The van der Waals surface area contributed by atoms with Crippen molar-refractivity contribution in [2.75, 3.05) is 19.8 Å². The molecule has 1 unspecified atom stereocenters. The molecule has 0 spiro atoms. The van der Waals surface area contributed by atoms with Crippen LogP contribution >= 0.6 is 11.6 Å². The van der Waals surface area contributed by atoms with E-state index in [9.17, 15) is 9.59 Å². The van der Waals surface area contributed by atoms with Crippen molar-refractivity contribution < 1.29 is 23.8 Å². The molecule has 6 nitrogen and oxygen atoms in total. The van der Waals surface area contributed by atoms with Crippen LogP contribution in [0.2, 0.25) is 5.02 Å². The normalized spacial score (nSPS) is 19.1. The van der Waals surface area contributed by atoms with Gasteiger partial charge in [-0.05, 0) is 31.4 Å². The Kier molecular flexibility index (Phi) is 5.98. The smallest absolute Gasteiger partial charge is 0.456 e. The van der Waals surface area contributed by atoms with Gasteiger partial charge in [-0.15, -0.1) is 0 Å². The Morgan fingerprint density at radius 1 is 1.36 bits per heavy atom. The molecular formula is C21H24ClNO5. The van der Waals surface area contributed by atoms with Gasteiger partial charge in [-0.25, -0.2) is 9.59 Å². The van der Waals surface area contributed by atoms with E-state index in [2.05, 4.69) is 0 Å². The maximum atomic E-state index is 12.6. The minimum Gasteiger partial charge on any atom is -0.456 e. The lowest BCUT2D eigenvalue weighted by atomic mass is 9.85. The first-order valence-corrected chi connectivity index (χ1v) is 9.70. The highest BCUT2D eigenvalue weighted by Gasteiger charge is 2.44. The van der Waals surface area contributed by atoms with Crippen molar-refractivity contribution in [3.8, 4) is 0 Å². The molecule has 150 valence electrons. The van der Waals surface area contributed by atoms with E-state index in [-0.39, 0.29) is 19.1 Å². The summed E-state index contributed by atoms with van der Waals surface area (Å²) >= 11 is 6.44. The molecule has 28 heavy (non-hydrogen) atoms. The van der Waals surface area contributed by atoms with Gasteiger partial charge in [-0.3, -0.25) is 0 Å². The monoisotopic (exact) mass is 405 g/mol. The van der Waals surface area contributed by atoms with Gasteiger partial charge in [0.2, 0.25) is 0 Å². The number of benzene rings is 1. The maximum absolute atomic E-state index is 12.6. The first-order chi connectivity index (χ1) is 13.3. The molecule has 0 amide bonds. The summed E-state index contributed by atoms with van der Waals surface area (Å²) in [7, 11) is 0. The highest BCUT2D eigenvalue weighted by molar-refractivity contribution is 6.31. The minimum absolute atomic E-state index is 0.180. The van der Waals surface area contributed by atoms with Crippen molar-refractivity contribution in [2.45, 2.75) is 33.6 Å². The molecule has 0 N–H and O–H groups in total. The van der Waals surface area contributed by atoms with Gasteiger partial charge in [0, 0.05) is 11.6 Å². The van der Waals surface area contributed by atoms with E-state index in [0.29, 0.717) is 28.5 Å². The molecule has 0 bridgehead atoms. The van der Waals surface area contributed by atoms with E-state index < -0.39 is 18.0 Å². The van der Waals surface area contributed by atoms with Crippen LogP contribution in [0.25, 0.3) is 0 Å². The number of carbonyl (C=O) groups excluding carboxylic acids is 2. The molecule has 2 aliphatic heterocycles. The lowest BCUT2D eigenvalue weighted by Crippen LogP contribution is -2.32. The number of likely N-dealkylation sites (N-methyl/N-ethyl adjacent to an activating group) is 1. The van der Waals surface area contributed by atoms with Crippen LogP contribution in [0.3, 0.4) is 0 Å². The molecule has 1 aromatic rings. The number of cyclic esters (lactones) is 1. The third-order valence-corrected chi connectivity index (χ3v) is 5.11. The highest BCUT2D eigenvalue weighted by Crippen LogP contribution is 2.46. The molecule has 0 fully saturated rings. The fourth-order valence-corrected chi connectivity index (χ4v) is 3.76. The number of ether oxygens (including phenoxy) is 3. The molecule has 0 saturated heterocycles. The molecular weight excluding hydrogens is 382 g/mol. The first kappa shape index (κ1) is 20.3. The molecule has 0 aliphatic carbocycles. The minimum atomic E-state index is -0.799. The number of hydrogen-bond acceptors (Lipinski definition) is 6. The summed E-state index contributed by atoms with van der Waals surface area (Å²) in [6.45, 7) is 8.72. The Balaban J connectivity index is 2.07. The number of halogens is 1. The average Bonchev–Trinajstić information content (AvgIpc) is 3.03. The van der Waals surface area contributed by atoms with Crippen LogP contribution in [0.15, 0.2) is 47.0 Å². The number of carbonyl (C=O) groups is 2. The predicted molar refractivity (Wildman–Crippen MR) is 105 cm³/mol. The van der Waals surface area contributed by atoms with Crippen molar-refractivity contribution >= 4 is 23.7 Å². The van der Waals surface area contributed by atoms with E-state index in [4.69, 9.17) is 25.8 Å². The lowest BCUT2D eigenvalue weighted by Gasteiger charge is -2.35. The van der Waals surface area contributed by atoms with E-state index in [1.807, 2.05) is 50.8 Å². The molecule has 0 saturated carbocycles. The zero-order chi connectivity index (χ0) is 20.4. The number of allylic oxidation sites excluding steroid dienone is 2. The van der Waals surface area contributed by atoms with E-state index >= 15 is 0 Å². The summed E-state index contributed by atoms with van der Waals surface area (Å²) in [6.07, 6.45) is -0.799. The average molecular weight is 406 g/mol. The number of nitrogens with zero attached hydrogens (tertiary/aromatic N) is 1. The second-order valence-electron chi connectivity index (χ2n) is 7.14. The quantitative estimate of drug-likeness (QED) is 0.666. The maximum Gasteiger partial charge on any atom is 0.513 e. The lowest BCUT2D eigenvalue weighted by molar-refractivity contribution is -0.136. The third kappa shape index (κ3) is 3.74. The fourth-order valence-electron chi connectivity index (χ4n) is 3.51. The van der Waals surface area contributed by atoms with Crippen LogP contribution in [0.5, 0.6) is 0 Å². The van der Waals surface area contributed by atoms with Crippen molar-refractivity contribution in [3.05, 3.63) is 57.6 Å². The van der Waals surface area contributed by atoms with Crippen LogP contribution < -0.4 is 0 Å². The van der Waals surface area contributed by atoms with Crippen molar-refractivity contribution in [1.82, 2.24) is 4.90 Å². The molecule has 2 aliphatic rings. The highest BCUT2D eigenvalue weighted by atomic mass is 35.5. The topological polar surface area (TPSA) is 65.1 Å². The second kappa shape index (κ2) is 8.27. The molecule has 3 rings (SSSR count). The Bertz CT molecular complexity index is 858. The van der Waals surface area contributed by atoms with Crippen LogP contribution in [-0.4, -0.2) is 36.8 Å². The summed E-state index contributed by atoms with van der Waals surface area (Å²) in [5.41, 5.74) is 2.63. The van der Waals surface area contributed by atoms with Crippen molar-refractivity contribution in [2.24, 2.45) is 5.92 Å². The second-order valence-corrected chi connectivity index (χ2v) is 7.55. The third-order valence-electron chi connectivity index (χ3n) is 4.77. The molecule has 1 aromatic carbocycles. The van der Waals surface area contributed by atoms with E-state index in [0.717, 1.165) is 11.4 Å². The Morgan fingerprint density at radius 2 is 2.07 bits per heavy atom. The summed E-state index contributed by atoms with van der Waals surface area (Å²) in [4.78, 5) is 26.8. The van der Waals surface area contributed by atoms with E-state index in [1.165, 1.54) is 0 Å². The summed E-state index contributed by atoms with van der Waals surface area (Å²) < 4.78 is 16.1. The molecule has 7 heteroatoms. The van der Waals surface area contributed by atoms with Crippen LogP contribution in [-0.2, 0) is 19.0 Å². The van der Waals surface area contributed by atoms with Gasteiger partial charge in [0.25, 0.3) is 0 Å². The fraction of sp³-hybridized carbons (Fsp3) is 0.429. The Morgan fingerprint density at radius 3 is 2.71 bits per heavy atom. The zero-order valence-electron chi connectivity index (χ0n) is 16.5.